The highest BCUT2D eigenvalue weighted by molar-refractivity contribution is 7.84. The molecule has 0 spiro atoms. The monoisotopic (exact) mass is 583 g/mol. The molecule has 4 heterocycles. The van der Waals surface area contributed by atoms with Gasteiger partial charge in [-0.25, -0.2) is 18.3 Å². The minimum Gasteiger partial charge on any atom is -0.482 e. The molecule has 41 heavy (non-hydrogen) atoms. The highest BCUT2D eigenvalue weighted by Crippen LogP contribution is 2.31. The van der Waals surface area contributed by atoms with Gasteiger partial charge in [-0.3, -0.25) is 9.78 Å². The zero-order valence-corrected chi connectivity index (χ0v) is 24.9. The molecular weight excluding hydrogens is 545 g/mol. The van der Waals surface area contributed by atoms with E-state index in [1.807, 2.05) is 39.0 Å². The summed E-state index contributed by atoms with van der Waals surface area (Å²) in [6, 6.07) is 9.37. The molecule has 220 valence electrons. The Morgan fingerprint density at radius 1 is 1.24 bits per heavy atom. The van der Waals surface area contributed by atoms with E-state index in [0.29, 0.717) is 59.2 Å². The number of amides is 1. The molecule has 2 atom stereocenters. The van der Waals surface area contributed by atoms with E-state index in [1.54, 1.807) is 19.2 Å². The van der Waals surface area contributed by atoms with Crippen molar-refractivity contribution in [2.24, 2.45) is 5.92 Å². The van der Waals surface area contributed by atoms with E-state index in [-0.39, 0.29) is 24.4 Å². The summed E-state index contributed by atoms with van der Waals surface area (Å²) in [6.45, 7) is 8.35. The number of nitrogens with zero attached hydrogens (tertiary/aromatic N) is 3. The summed E-state index contributed by atoms with van der Waals surface area (Å²) in [7, 11) is 0.314. The lowest BCUT2D eigenvalue weighted by atomic mass is 9.86. The lowest BCUT2D eigenvalue weighted by Crippen LogP contribution is -2.48. The third-order valence-corrected chi connectivity index (χ3v) is 9.40. The van der Waals surface area contributed by atoms with Crippen LogP contribution in [0.4, 0.5) is 10.1 Å². The van der Waals surface area contributed by atoms with E-state index >= 15 is 0 Å². The molecule has 0 saturated carbocycles. The number of ether oxygens (including phenoxy) is 2. The molecule has 0 radical (unpaired) electrons. The molecule has 2 aromatic heterocycles. The van der Waals surface area contributed by atoms with Crippen molar-refractivity contribution in [1.82, 2.24) is 19.6 Å². The number of hydrogen-bond acceptors (Lipinski definition) is 7. The normalized spacial score (nSPS) is 17.9. The number of halogens is 1. The van der Waals surface area contributed by atoms with Crippen molar-refractivity contribution in [2.75, 3.05) is 38.7 Å². The summed E-state index contributed by atoms with van der Waals surface area (Å²) in [6.07, 6.45) is 4.32. The number of carbonyl (C=O) groups excluding carboxylic acids is 1. The van der Waals surface area contributed by atoms with Gasteiger partial charge in [-0.2, -0.15) is 0 Å². The first kappa shape index (κ1) is 29.3. The number of fused-ring (bicyclic) bond motifs is 2. The zero-order valence-electron chi connectivity index (χ0n) is 24.0. The molecule has 2 aliphatic heterocycles. The first-order valence-corrected chi connectivity index (χ1v) is 15.2. The van der Waals surface area contributed by atoms with Crippen molar-refractivity contribution < 1.29 is 22.9 Å². The smallest absolute Gasteiger partial charge is 0.262 e. The Kier molecular flexibility index (Phi) is 8.86. The van der Waals surface area contributed by atoms with E-state index in [4.69, 9.17) is 9.47 Å². The van der Waals surface area contributed by atoms with E-state index in [0.717, 1.165) is 31.5 Å². The van der Waals surface area contributed by atoms with Crippen LogP contribution in [0.15, 0.2) is 36.5 Å². The fourth-order valence-electron chi connectivity index (χ4n) is 5.41. The van der Waals surface area contributed by atoms with Crippen LogP contribution in [0, 0.1) is 11.7 Å². The maximum absolute atomic E-state index is 14.8. The molecular formula is C30H38FN5O4S. The molecule has 1 aromatic carbocycles. The van der Waals surface area contributed by atoms with Gasteiger partial charge in [0.2, 0.25) is 5.88 Å². The molecule has 3 aromatic rings. The zero-order chi connectivity index (χ0) is 29.1. The second-order valence-electron chi connectivity index (χ2n) is 11.7. The number of methoxy groups -OCH3 is 1. The van der Waals surface area contributed by atoms with Gasteiger partial charge in [-0.1, -0.05) is 6.07 Å². The summed E-state index contributed by atoms with van der Waals surface area (Å²) in [5.41, 5.74) is 3.46. The maximum atomic E-state index is 14.8. The number of benzene rings is 1. The van der Waals surface area contributed by atoms with Crippen LogP contribution in [-0.4, -0.2) is 69.1 Å². The minimum atomic E-state index is -1.23. The Hall–Kier alpha value is -3.15. The van der Waals surface area contributed by atoms with E-state index in [9.17, 15) is 13.4 Å². The topological polar surface area (TPSA) is 106 Å². The number of aromatic nitrogens is 2. The number of hydrogen-bond donors (Lipinski definition) is 2. The van der Waals surface area contributed by atoms with E-state index < -0.39 is 15.7 Å². The molecule has 1 amide bonds. The number of anilines is 1. The summed E-state index contributed by atoms with van der Waals surface area (Å²) >= 11 is 0. The van der Waals surface area contributed by atoms with Crippen molar-refractivity contribution in [1.29, 1.82) is 0 Å². The Bertz CT molecular complexity index is 1440. The number of nitrogens with one attached hydrogen (secondary N) is 2. The first-order chi connectivity index (χ1) is 19.6. The summed E-state index contributed by atoms with van der Waals surface area (Å²) in [5, 5.41) is 2.88. The predicted octanol–water partition coefficient (Wildman–Crippen LogP) is 4.03. The standard InChI is InChI=1S/C30H38FN5O4S/c1-30(2,3)41(38)35-24(15-19-5-7-26-25(16-19)33-27(37)18-40-26)20-9-12-36(13-10-20)14-11-21-22(31)17-32-23-6-8-28(39-4)34-29(21)23/h5-8,16-17,20,24,35H,9-15,18H2,1-4H3,(H,33,37). The highest BCUT2D eigenvalue weighted by atomic mass is 32.2. The first-order valence-electron chi connectivity index (χ1n) is 14.0. The van der Waals surface area contributed by atoms with Gasteiger partial charge in [0.1, 0.15) is 11.6 Å². The largest absolute Gasteiger partial charge is 0.482 e. The van der Waals surface area contributed by atoms with Crippen molar-refractivity contribution in [3.63, 3.8) is 0 Å². The fraction of sp³-hybridized carbons (Fsp3) is 0.500. The highest BCUT2D eigenvalue weighted by Gasteiger charge is 2.31. The van der Waals surface area contributed by atoms with Crippen molar-refractivity contribution >= 4 is 33.6 Å². The number of likely N-dealkylation sites (tertiary alicyclic amines) is 1. The molecule has 1 saturated heterocycles. The summed E-state index contributed by atoms with van der Waals surface area (Å²) in [5.74, 6) is 0.890. The van der Waals surface area contributed by atoms with Crippen LogP contribution in [0.5, 0.6) is 11.6 Å². The lowest BCUT2D eigenvalue weighted by Gasteiger charge is -2.37. The van der Waals surface area contributed by atoms with Gasteiger partial charge < -0.3 is 19.7 Å². The minimum absolute atomic E-state index is 0.00582. The van der Waals surface area contributed by atoms with Crippen LogP contribution >= 0.6 is 0 Å². The Morgan fingerprint density at radius 3 is 2.76 bits per heavy atom. The molecule has 9 nitrogen and oxygen atoms in total. The quantitative estimate of drug-likeness (QED) is 0.392. The van der Waals surface area contributed by atoms with Crippen molar-refractivity contribution in [3.05, 3.63) is 53.5 Å². The Labute approximate surface area is 242 Å². The average Bonchev–Trinajstić information content (AvgIpc) is 2.95. The van der Waals surface area contributed by atoms with Gasteiger partial charge >= 0.3 is 0 Å². The van der Waals surface area contributed by atoms with Crippen molar-refractivity contribution in [2.45, 2.75) is 57.2 Å². The number of piperidine rings is 1. The van der Waals surface area contributed by atoms with E-state index in [2.05, 4.69) is 24.9 Å². The molecule has 2 unspecified atom stereocenters. The summed E-state index contributed by atoms with van der Waals surface area (Å²) < 4.78 is 41.7. The van der Waals surface area contributed by atoms with Crippen LogP contribution in [0.25, 0.3) is 11.0 Å². The third kappa shape index (κ3) is 7.02. The number of rotatable bonds is 9. The SMILES string of the molecule is COc1ccc2ncc(F)c(CCN3CCC(C(Cc4ccc5c(c4)NC(=O)CO5)NS(=O)C(C)(C)C)CC3)c2n1. The van der Waals surface area contributed by atoms with Crippen molar-refractivity contribution in [3.8, 4) is 11.6 Å². The van der Waals surface area contributed by atoms with E-state index in [1.165, 1.54) is 6.20 Å². The Morgan fingerprint density at radius 2 is 2.02 bits per heavy atom. The lowest BCUT2D eigenvalue weighted by molar-refractivity contribution is -0.118. The van der Waals surface area contributed by atoms with Gasteiger partial charge in [-0.05, 0) is 89.2 Å². The van der Waals surface area contributed by atoms with Gasteiger partial charge in [-0.15, -0.1) is 0 Å². The van der Waals surface area contributed by atoms with Gasteiger partial charge in [0.15, 0.2) is 6.61 Å². The fourth-order valence-corrected chi connectivity index (χ4v) is 6.31. The molecule has 11 heteroatoms. The third-order valence-electron chi connectivity index (χ3n) is 7.77. The van der Waals surface area contributed by atoms with Gasteiger partial charge in [0.25, 0.3) is 5.91 Å². The van der Waals surface area contributed by atoms with Gasteiger partial charge in [0.05, 0.1) is 45.8 Å². The molecule has 2 N–H and O–H groups in total. The molecule has 5 rings (SSSR count). The molecule has 0 aliphatic carbocycles. The predicted molar refractivity (Wildman–Crippen MR) is 158 cm³/mol. The maximum Gasteiger partial charge on any atom is 0.262 e. The van der Waals surface area contributed by atoms with Crippen LogP contribution < -0.4 is 19.5 Å². The second-order valence-corrected chi connectivity index (χ2v) is 13.7. The van der Waals surface area contributed by atoms with Gasteiger partial charge in [0, 0.05) is 24.2 Å². The van der Waals surface area contributed by atoms with Crippen LogP contribution in [0.3, 0.4) is 0 Å². The van der Waals surface area contributed by atoms with Crippen LogP contribution in [0.2, 0.25) is 0 Å². The molecule has 2 aliphatic rings. The van der Waals surface area contributed by atoms with Crippen LogP contribution in [-0.2, 0) is 28.6 Å². The number of pyridine rings is 2. The summed E-state index contributed by atoms with van der Waals surface area (Å²) in [4.78, 5) is 22.8. The number of carbonyl (C=O) groups is 1. The Balaban J connectivity index is 1.25. The second kappa shape index (κ2) is 12.4. The average molecular weight is 584 g/mol. The van der Waals surface area contributed by atoms with Crippen LogP contribution in [0.1, 0.15) is 44.7 Å². The molecule has 1 fully saturated rings. The molecule has 0 bridgehead atoms.